The molecular weight excluding hydrogens is 227 g/mol. The van der Waals surface area contributed by atoms with Crippen molar-refractivity contribution in [1.29, 1.82) is 0 Å². The number of para-hydroxylation sites is 1. The zero-order valence-electron chi connectivity index (χ0n) is 8.91. The van der Waals surface area contributed by atoms with Gasteiger partial charge in [-0.05, 0) is 29.5 Å². The standard InChI is InChI=1S/C10H9FN4O2/c1-6(10(16)17)9-12-13-14-15(9)8-5-3-2-4-7(8)11/h2-6H,1H3,(H,16,17). The van der Waals surface area contributed by atoms with Crippen molar-refractivity contribution in [2.24, 2.45) is 0 Å². The van der Waals surface area contributed by atoms with Gasteiger partial charge in [0.15, 0.2) is 5.82 Å². The number of tetrazole rings is 1. The highest BCUT2D eigenvalue weighted by atomic mass is 19.1. The van der Waals surface area contributed by atoms with Gasteiger partial charge in [-0.15, -0.1) is 5.10 Å². The lowest BCUT2D eigenvalue weighted by atomic mass is 10.1. The van der Waals surface area contributed by atoms with E-state index in [0.717, 1.165) is 4.68 Å². The van der Waals surface area contributed by atoms with Crippen LogP contribution in [0, 0.1) is 5.82 Å². The van der Waals surface area contributed by atoms with Crippen LogP contribution in [0.1, 0.15) is 18.7 Å². The minimum absolute atomic E-state index is 0.0857. The van der Waals surface area contributed by atoms with Crippen LogP contribution in [0.5, 0.6) is 0 Å². The molecule has 2 rings (SSSR count). The van der Waals surface area contributed by atoms with Gasteiger partial charge in [-0.2, -0.15) is 4.68 Å². The Kier molecular flexibility index (Phi) is 2.82. The average Bonchev–Trinajstić information content (AvgIpc) is 2.77. The molecule has 6 nitrogen and oxygen atoms in total. The third-order valence-corrected chi connectivity index (χ3v) is 2.33. The summed E-state index contributed by atoms with van der Waals surface area (Å²) in [6.07, 6.45) is 0. The lowest BCUT2D eigenvalue weighted by Crippen LogP contribution is -2.14. The molecule has 1 atom stereocenters. The fraction of sp³-hybridized carbons (Fsp3) is 0.200. The molecule has 0 spiro atoms. The number of aromatic nitrogens is 4. The normalized spacial score (nSPS) is 12.4. The molecule has 1 aromatic heterocycles. The van der Waals surface area contributed by atoms with E-state index in [1.807, 2.05) is 0 Å². The van der Waals surface area contributed by atoms with E-state index in [4.69, 9.17) is 5.11 Å². The molecule has 0 saturated carbocycles. The molecule has 0 amide bonds. The molecule has 17 heavy (non-hydrogen) atoms. The Morgan fingerprint density at radius 1 is 1.47 bits per heavy atom. The van der Waals surface area contributed by atoms with Crippen molar-refractivity contribution in [1.82, 2.24) is 20.2 Å². The highest BCUT2D eigenvalue weighted by molar-refractivity contribution is 5.74. The Morgan fingerprint density at radius 3 is 2.82 bits per heavy atom. The smallest absolute Gasteiger partial charge is 0.314 e. The second kappa shape index (κ2) is 4.28. The second-order valence-corrected chi connectivity index (χ2v) is 3.46. The summed E-state index contributed by atoms with van der Waals surface area (Å²) in [4.78, 5) is 10.9. The summed E-state index contributed by atoms with van der Waals surface area (Å²) in [7, 11) is 0. The quantitative estimate of drug-likeness (QED) is 0.859. The Balaban J connectivity index is 2.51. The van der Waals surface area contributed by atoms with E-state index in [2.05, 4.69) is 15.5 Å². The Morgan fingerprint density at radius 2 is 2.18 bits per heavy atom. The molecule has 88 valence electrons. The monoisotopic (exact) mass is 236 g/mol. The zero-order chi connectivity index (χ0) is 12.4. The van der Waals surface area contributed by atoms with Gasteiger partial charge in [0.1, 0.15) is 17.4 Å². The van der Waals surface area contributed by atoms with Crippen LogP contribution in [0.25, 0.3) is 5.69 Å². The zero-order valence-corrected chi connectivity index (χ0v) is 8.91. The molecular formula is C10H9FN4O2. The number of rotatable bonds is 3. The summed E-state index contributed by atoms with van der Waals surface area (Å²) in [6, 6.07) is 5.88. The molecule has 0 aliphatic heterocycles. The summed E-state index contributed by atoms with van der Waals surface area (Å²) < 4.78 is 14.6. The van der Waals surface area contributed by atoms with E-state index >= 15 is 0 Å². The molecule has 0 bridgehead atoms. The van der Waals surface area contributed by atoms with Gasteiger partial charge < -0.3 is 5.11 Å². The number of nitrogens with zero attached hydrogens (tertiary/aromatic N) is 4. The highest BCUT2D eigenvalue weighted by Gasteiger charge is 2.22. The molecule has 0 saturated heterocycles. The number of hydrogen-bond donors (Lipinski definition) is 1. The third kappa shape index (κ3) is 1.99. The first kappa shape index (κ1) is 11.2. The summed E-state index contributed by atoms with van der Waals surface area (Å²) in [5, 5.41) is 19.5. The number of carboxylic acid groups (broad SMARTS) is 1. The number of carbonyl (C=O) groups is 1. The van der Waals surface area contributed by atoms with E-state index in [9.17, 15) is 9.18 Å². The van der Waals surface area contributed by atoms with Crippen LogP contribution in [0.3, 0.4) is 0 Å². The molecule has 0 aliphatic rings. The van der Waals surface area contributed by atoms with Crippen LogP contribution in [0.2, 0.25) is 0 Å². The van der Waals surface area contributed by atoms with Crippen molar-refractivity contribution in [3.63, 3.8) is 0 Å². The first-order valence-corrected chi connectivity index (χ1v) is 4.87. The fourth-order valence-corrected chi connectivity index (χ4v) is 1.37. The first-order valence-electron chi connectivity index (χ1n) is 4.87. The topological polar surface area (TPSA) is 80.9 Å². The lowest BCUT2D eigenvalue weighted by molar-refractivity contribution is -0.138. The van der Waals surface area contributed by atoms with Gasteiger partial charge in [-0.25, -0.2) is 4.39 Å². The molecule has 0 fully saturated rings. The molecule has 7 heteroatoms. The second-order valence-electron chi connectivity index (χ2n) is 3.46. The maximum absolute atomic E-state index is 13.5. The molecule has 2 aromatic rings. The number of halogens is 1. The first-order chi connectivity index (χ1) is 8.11. The minimum Gasteiger partial charge on any atom is -0.481 e. The summed E-state index contributed by atoms with van der Waals surface area (Å²) in [5.74, 6) is -2.41. The number of hydrogen-bond acceptors (Lipinski definition) is 4. The molecule has 1 aromatic carbocycles. The number of aliphatic carboxylic acids is 1. The van der Waals surface area contributed by atoms with Gasteiger partial charge in [-0.3, -0.25) is 4.79 Å². The van der Waals surface area contributed by atoms with Crippen LogP contribution in [-0.2, 0) is 4.79 Å². The SMILES string of the molecule is CC(C(=O)O)c1nnnn1-c1ccccc1F. The van der Waals surface area contributed by atoms with Crippen LogP contribution < -0.4 is 0 Å². The van der Waals surface area contributed by atoms with Crippen molar-refractivity contribution in [2.45, 2.75) is 12.8 Å². The predicted molar refractivity (Wildman–Crippen MR) is 55.2 cm³/mol. The maximum atomic E-state index is 13.5. The Labute approximate surface area is 95.7 Å². The highest BCUT2D eigenvalue weighted by Crippen LogP contribution is 2.18. The maximum Gasteiger partial charge on any atom is 0.314 e. The van der Waals surface area contributed by atoms with E-state index in [-0.39, 0.29) is 11.5 Å². The predicted octanol–water partition coefficient (Wildman–Crippen LogP) is 0.989. The van der Waals surface area contributed by atoms with E-state index in [0.29, 0.717) is 0 Å². The summed E-state index contributed by atoms with van der Waals surface area (Å²) in [5.41, 5.74) is 0.126. The van der Waals surface area contributed by atoms with Gasteiger partial charge in [-0.1, -0.05) is 12.1 Å². The summed E-state index contributed by atoms with van der Waals surface area (Å²) >= 11 is 0. The van der Waals surface area contributed by atoms with Gasteiger partial charge in [0.2, 0.25) is 0 Å². The van der Waals surface area contributed by atoms with Crippen molar-refractivity contribution in [3.05, 3.63) is 35.9 Å². The van der Waals surface area contributed by atoms with Crippen molar-refractivity contribution >= 4 is 5.97 Å². The van der Waals surface area contributed by atoms with Crippen LogP contribution in [0.4, 0.5) is 4.39 Å². The van der Waals surface area contributed by atoms with E-state index in [1.54, 1.807) is 6.07 Å². The average molecular weight is 236 g/mol. The molecule has 1 N–H and O–H groups in total. The molecule has 1 heterocycles. The number of benzene rings is 1. The van der Waals surface area contributed by atoms with Crippen LogP contribution in [-0.4, -0.2) is 31.3 Å². The van der Waals surface area contributed by atoms with Crippen LogP contribution in [0.15, 0.2) is 24.3 Å². The Bertz CT molecular complexity index is 555. The fourth-order valence-electron chi connectivity index (χ4n) is 1.37. The Hall–Kier alpha value is -2.31. The van der Waals surface area contributed by atoms with E-state index in [1.165, 1.54) is 25.1 Å². The van der Waals surface area contributed by atoms with Gasteiger partial charge in [0.25, 0.3) is 0 Å². The lowest BCUT2D eigenvalue weighted by Gasteiger charge is -2.07. The van der Waals surface area contributed by atoms with Gasteiger partial charge >= 0.3 is 5.97 Å². The minimum atomic E-state index is -1.07. The van der Waals surface area contributed by atoms with Gasteiger partial charge in [0, 0.05) is 0 Å². The number of carboxylic acids is 1. The van der Waals surface area contributed by atoms with Crippen molar-refractivity contribution in [3.8, 4) is 5.69 Å². The van der Waals surface area contributed by atoms with Crippen LogP contribution >= 0.6 is 0 Å². The molecule has 0 radical (unpaired) electrons. The summed E-state index contributed by atoms with van der Waals surface area (Å²) in [6.45, 7) is 1.44. The van der Waals surface area contributed by atoms with Crippen molar-refractivity contribution < 1.29 is 14.3 Å². The molecule has 0 aliphatic carbocycles. The largest absolute Gasteiger partial charge is 0.481 e. The third-order valence-electron chi connectivity index (χ3n) is 2.33. The van der Waals surface area contributed by atoms with E-state index < -0.39 is 17.7 Å². The van der Waals surface area contributed by atoms with Crippen molar-refractivity contribution in [2.75, 3.05) is 0 Å². The molecule has 1 unspecified atom stereocenters. The van der Waals surface area contributed by atoms with Gasteiger partial charge in [0.05, 0.1) is 0 Å².